The van der Waals surface area contributed by atoms with Crippen LogP contribution in [-0.2, 0) is 0 Å². The third-order valence-electron chi connectivity index (χ3n) is 1.92. The fourth-order valence-corrected chi connectivity index (χ4v) is 1.08. The first-order chi connectivity index (χ1) is 7.50. The van der Waals surface area contributed by atoms with Crippen LogP contribution < -0.4 is 16.2 Å². The van der Waals surface area contributed by atoms with Gasteiger partial charge in [0.1, 0.15) is 12.2 Å². The number of carbonyl (C=O) groups excluding carboxylic acids is 1. The van der Waals surface area contributed by atoms with Gasteiger partial charge < -0.3 is 21.1 Å². The highest BCUT2D eigenvalue weighted by molar-refractivity contribution is 5.95. The molecule has 1 aromatic heterocycles. The van der Waals surface area contributed by atoms with Crippen molar-refractivity contribution in [2.75, 3.05) is 33.0 Å². The molecule has 0 bridgehead atoms. The summed E-state index contributed by atoms with van der Waals surface area (Å²) >= 11 is 0. The molecule has 4 N–H and O–H groups in total. The SMILES string of the molecule is CN(C)CCOc1ncc(N)cc1C(N)=O. The highest BCUT2D eigenvalue weighted by Gasteiger charge is 2.11. The number of hydrogen-bond acceptors (Lipinski definition) is 5. The van der Waals surface area contributed by atoms with E-state index in [4.69, 9.17) is 16.2 Å². The lowest BCUT2D eigenvalue weighted by Gasteiger charge is -2.12. The van der Waals surface area contributed by atoms with E-state index in [1.54, 1.807) is 0 Å². The summed E-state index contributed by atoms with van der Waals surface area (Å²) in [5.41, 5.74) is 11.3. The molecule has 6 nitrogen and oxygen atoms in total. The molecule has 1 aromatic rings. The second-order valence-corrected chi connectivity index (χ2v) is 3.64. The predicted octanol–water partition coefficient (Wildman–Crippen LogP) is -0.297. The maximum Gasteiger partial charge on any atom is 0.254 e. The molecule has 0 radical (unpaired) electrons. The van der Waals surface area contributed by atoms with Crippen LogP contribution in [0.15, 0.2) is 12.3 Å². The zero-order valence-corrected chi connectivity index (χ0v) is 9.43. The number of nitrogens with zero attached hydrogens (tertiary/aromatic N) is 2. The van der Waals surface area contributed by atoms with Crippen LogP contribution in [0.2, 0.25) is 0 Å². The van der Waals surface area contributed by atoms with Gasteiger partial charge in [-0.3, -0.25) is 4.79 Å². The molecule has 16 heavy (non-hydrogen) atoms. The van der Waals surface area contributed by atoms with Gasteiger partial charge in [-0.1, -0.05) is 0 Å². The molecule has 0 aliphatic carbocycles. The van der Waals surface area contributed by atoms with Gasteiger partial charge in [-0.25, -0.2) is 4.98 Å². The fourth-order valence-electron chi connectivity index (χ4n) is 1.08. The molecule has 0 fully saturated rings. The largest absolute Gasteiger partial charge is 0.476 e. The number of hydrogen-bond donors (Lipinski definition) is 2. The lowest BCUT2D eigenvalue weighted by molar-refractivity contribution is 0.0995. The zero-order valence-electron chi connectivity index (χ0n) is 9.43. The number of nitrogens with two attached hydrogens (primary N) is 2. The molecule has 0 saturated carbocycles. The molecule has 1 rings (SSSR count). The number of rotatable bonds is 5. The van der Waals surface area contributed by atoms with Crippen LogP contribution in [0.4, 0.5) is 5.69 Å². The Labute approximate surface area is 94.2 Å². The van der Waals surface area contributed by atoms with E-state index in [0.717, 1.165) is 6.54 Å². The van der Waals surface area contributed by atoms with Crippen LogP contribution in [0.1, 0.15) is 10.4 Å². The minimum atomic E-state index is -0.598. The Morgan fingerprint density at radius 2 is 2.25 bits per heavy atom. The molecule has 0 aliphatic rings. The van der Waals surface area contributed by atoms with Gasteiger partial charge in [0.2, 0.25) is 5.88 Å². The van der Waals surface area contributed by atoms with Crippen molar-refractivity contribution in [3.05, 3.63) is 17.8 Å². The standard InChI is InChI=1S/C10H16N4O2/c1-14(2)3-4-16-10-8(9(12)15)5-7(11)6-13-10/h5-6H,3-4,11H2,1-2H3,(H2,12,15). The first-order valence-corrected chi connectivity index (χ1v) is 4.83. The van der Waals surface area contributed by atoms with Gasteiger partial charge in [0.25, 0.3) is 5.91 Å². The number of nitrogen functional groups attached to an aromatic ring is 1. The Kier molecular flexibility index (Phi) is 4.07. The van der Waals surface area contributed by atoms with Crippen molar-refractivity contribution in [3.63, 3.8) is 0 Å². The molecule has 0 atom stereocenters. The van der Waals surface area contributed by atoms with Crippen molar-refractivity contribution in [2.45, 2.75) is 0 Å². The van der Waals surface area contributed by atoms with E-state index in [1.165, 1.54) is 12.3 Å². The average molecular weight is 224 g/mol. The highest BCUT2D eigenvalue weighted by Crippen LogP contribution is 2.16. The van der Waals surface area contributed by atoms with Crippen LogP contribution >= 0.6 is 0 Å². The molecule has 0 saturated heterocycles. The van der Waals surface area contributed by atoms with Crippen LogP contribution in [0, 0.1) is 0 Å². The third kappa shape index (κ3) is 3.39. The van der Waals surface area contributed by atoms with Gasteiger partial charge in [0, 0.05) is 6.54 Å². The topological polar surface area (TPSA) is 94.5 Å². The van der Waals surface area contributed by atoms with Crippen molar-refractivity contribution in [3.8, 4) is 5.88 Å². The first kappa shape index (κ1) is 12.3. The number of carbonyl (C=O) groups is 1. The summed E-state index contributed by atoms with van der Waals surface area (Å²) in [5, 5.41) is 0. The Morgan fingerprint density at radius 3 is 2.81 bits per heavy atom. The number of anilines is 1. The second kappa shape index (κ2) is 5.32. The van der Waals surface area contributed by atoms with E-state index >= 15 is 0 Å². The smallest absolute Gasteiger partial charge is 0.254 e. The maximum atomic E-state index is 11.1. The van der Waals surface area contributed by atoms with Gasteiger partial charge in [-0.05, 0) is 20.2 Å². The van der Waals surface area contributed by atoms with Crippen LogP contribution in [-0.4, -0.2) is 43.0 Å². The highest BCUT2D eigenvalue weighted by atomic mass is 16.5. The van der Waals surface area contributed by atoms with Crippen molar-refractivity contribution in [1.29, 1.82) is 0 Å². The third-order valence-corrected chi connectivity index (χ3v) is 1.92. The van der Waals surface area contributed by atoms with Crippen molar-refractivity contribution < 1.29 is 9.53 Å². The minimum absolute atomic E-state index is 0.207. The summed E-state index contributed by atoms with van der Waals surface area (Å²) in [7, 11) is 3.85. The minimum Gasteiger partial charge on any atom is -0.476 e. The summed E-state index contributed by atoms with van der Waals surface area (Å²) in [5.74, 6) is -0.372. The quantitative estimate of drug-likeness (QED) is 0.716. The monoisotopic (exact) mass is 224 g/mol. The van der Waals surface area contributed by atoms with Crippen LogP contribution in [0.5, 0.6) is 5.88 Å². The van der Waals surface area contributed by atoms with Gasteiger partial charge in [0.05, 0.1) is 11.9 Å². The van der Waals surface area contributed by atoms with Crippen molar-refractivity contribution in [1.82, 2.24) is 9.88 Å². The van der Waals surface area contributed by atoms with Gasteiger partial charge >= 0.3 is 0 Å². The van der Waals surface area contributed by atoms with Gasteiger partial charge in [0.15, 0.2) is 0 Å². The lowest BCUT2D eigenvalue weighted by Crippen LogP contribution is -2.21. The Hall–Kier alpha value is -1.82. The molecule has 0 spiro atoms. The van der Waals surface area contributed by atoms with E-state index in [0.29, 0.717) is 12.3 Å². The number of primary amides is 1. The Bertz CT molecular complexity index is 379. The summed E-state index contributed by atoms with van der Waals surface area (Å²) in [6.07, 6.45) is 1.43. The van der Waals surface area contributed by atoms with E-state index in [2.05, 4.69) is 4.98 Å². The van der Waals surface area contributed by atoms with Crippen LogP contribution in [0.3, 0.4) is 0 Å². The second-order valence-electron chi connectivity index (χ2n) is 3.64. The first-order valence-electron chi connectivity index (χ1n) is 4.83. The summed E-state index contributed by atoms with van der Waals surface area (Å²) < 4.78 is 5.36. The number of amides is 1. The van der Waals surface area contributed by atoms with Gasteiger partial charge in [-0.2, -0.15) is 0 Å². The fraction of sp³-hybridized carbons (Fsp3) is 0.400. The summed E-state index contributed by atoms with van der Waals surface area (Å²) in [6, 6.07) is 1.46. The molecule has 88 valence electrons. The van der Waals surface area contributed by atoms with E-state index in [1.807, 2.05) is 19.0 Å². The van der Waals surface area contributed by atoms with Crippen molar-refractivity contribution in [2.24, 2.45) is 5.73 Å². The summed E-state index contributed by atoms with van der Waals surface area (Å²) in [6.45, 7) is 1.16. The molecule has 0 aliphatic heterocycles. The normalized spacial score (nSPS) is 10.4. The van der Waals surface area contributed by atoms with Crippen molar-refractivity contribution >= 4 is 11.6 Å². The number of pyridine rings is 1. The van der Waals surface area contributed by atoms with E-state index in [9.17, 15) is 4.79 Å². The Balaban J connectivity index is 2.75. The van der Waals surface area contributed by atoms with Crippen LogP contribution in [0.25, 0.3) is 0 Å². The Morgan fingerprint density at radius 1 is 1.56 bits per heavy atom. The number of ether oxygens (including phenoxy) is 1. The van der Waals surface area contributed by atoms with E-state index in [-0.39, 0.29) is 11.4 Å². The molecule has 1 amide bonds. The number of aromatic nitrogens is 1. The zero-order chi connectivity index (χ0) is 12.1. The predicted molar refractivity (Wildman–Crippen MR) is 61.2 cm³/mol. The van der Waals surface area contributed by atoms with Gasteiger partial charge in [-0.15, -0.1) is 0 Å². The lowest BCUT2D eigenvalue weighted by atomic mass is 10.2. The molecular weight excluding hydrogens is 208 g/mol. The molecule has 0 unspecified atom stereocenters. The molecular formula is C10H16N4O2. The molecule has 0 aromatic carbocycles. The maximum absolute atomic E-state index is 11.1. The number of likely N-dealkylation sites (N-methyl/N-ethyl adjacent to an activating group) is 1. The summed E-state index contributed by atoms with van der Waals surface area (Å²) in [4.78, 5) is 17.0. The van der Waals surface area contributed by atoms with E-state index < -0.39 is 5.91 Å². The molecule has 1 heterocycles. The average Bonchev–Trinajstić information content (AvgIpc) is 2.19. The molecule has 6 heteroatoms.